The van der Waals surface area contributed by atoms with Crippen molar-refractivity contribution in [3.63, 3.8) is 0 Å². The van der Waals surface area contributed by atoms with E-state index < -0.39 is 0 Å². The number of carbonyl (C=O) groups excluding carboxylic acids is 3. The van der Waals surface area contributed by atoms with E-state index in [1.54, 1.807) is 85.3 Å². The van der Waals surface area contributed by atoms with Gasteiger partial charge in [-0.2, -0.15) is 0 Å². The van der Waals surface area contributed by atoms with Gasteiger partial charge in [0.1, 0.15) is 11.5 Å². The van der Waals surface area contributed by atoms with E-state index in [0.29, 0.717) is 47.1 Å². The average Bonchev–Trinajstić information content (AvgIpc) is 3.60. The van der Waals surface area contributed by atoms with Gasteiger partial charge in [0.25, 0.3) is 11.8 Å². The van der Waals surface area contributed by atoms with Crippen molar-refractivity contribution < 1.29 is 23.2 Å². The molecule has 0 fully saturated rings. The topological polar surface area (TPSA) is 126 Å². The van der Waals surface area contributed by atoms with Crippen molar-refractivity contribution >= 4 is 29.1 Å². The molecule has 0 aliphatic carbocycles. The van der Waals surface area contributed by atoms with E-state index in [-0.39, 0.29) is 24.3 Å². The summed E-state index contributed by atoms with van der Waals surface area (Å²) in [4.78, 5) is 36.7. The average molecular weight is 473 g/mol. The molecule has 0 aliphatic rings. The second-order valence-electron chi connectivity index (χ2n) is 7.58. The molecule has 178 valence electrons. The summed E-state index contributed by atoms with van der Waals surface area (Å²) in [7, 11) is 0. The highest BCUT2D eigenvalue weighted by Crippen LogP contribution is 2.12. The Kier molecular flexibility index (Phi) is 7.59. The molecule has 0 bridgehead atoms. The molecule has 0 unspecified atom stereocenters. The van der Waals surface area contributed by atoms with Gasteiger partial charge in [-0.25, -0.2) is 0 Å². The minimum absolute atomic E-state index is 0.0371. The zero-order valence-corrected chi connectivity index (χ0v) is 18.7. The first-order valence-electron chi connectivity index (χ1n) is 10.9. The summed E-state index contributed by atoms with van der Waals surface area (Å²) in [6.45, 7) is 0.643. The van der Waals surface area contributed by atoms with Crippen LogP contribution in [0.4, 0.5) is 11.4 Å². The minimum Gasteiger partial charge on any atom is -0.467 e. The molecule has 35 heavy (non-hydrogen) atoms. The fourth-order valence-electron chi connectivity index (χ4n) is 3.20. The lowest BCUT2D eigenvalue weighted by Crippen LogP contribution is -2.23. The van der Waals surface area contributed by atoms with Crippen molar-refractivity contribution in [3.8, 4) is 0 Å². The number of anilines is 2. The van der Waals surface area contributed by atoms with E-state index in [9.17, 15) is 14.4 Å². The first-order chi connectivity index (χ1) is 17.1. The number of benzene rings is 2. The predicted octanol–water partition coefficient (Wildman–Crippen LogP) is 3.78. The summed E-state index contributed by atoms with van der Waals surface area (Å²) in [6.07, 6.45) is 3.10. The van der Waals surface area contributed by atoms with Crippen LogP contribution in [0.5, 0.6) is 0 Å². The molecule has 9 nitrogen and oxygen atoms in total. The van der Waals surface area contributed by atoms with Crippen LogP contribution in [0.3, 0.4) is 0 Å². The molecule has 9 heteroatoms. The highest BCUT2D eigenvalue weighted by molar-refractivity contribution is 5.97. The molecule has 4 rings (SSSR count). The number of amides is 3. The monoisotopic (exact) mass is 472 g/mol. The van der Waals surface area contributed by atoms with E-state index in [1.807, 2.05) is 0 Å². The van der Waals surface area contributed by atoms with Gasteiger partial charge in [-0.05, 0) is 72.8 Å². The normalized spacial score (nSPS) is 10.4. The number of carbonyl (C=O) groups is 3. The van der Waals surface area contributed by atoms with Crippen molar-refractivity contribution in [1.29, 1.82) is 0 Å². The molecule has 0 radical (unpaired) electrons. The van der Waals surface area contributed by atoms with E-state index in [0.717, 1.165) is 0 Å². The molecule has 3 amide bonds. The van der Waals surface area contributed by atoms with E-state index in [2.05, 4.69) is 21.3 Å². The molecule has 0 atom stereocenters. The van der Waals surface area contributed by atoms with Crippen LogP contribution in [0, 0.1) is 0 Å². The largest absolute Gasteiger partial charge is 0.467 e. The smallest absolute Gasteiger partial charge is 0.251 e. The lowest BCUT2D eigenvalue weighted by molar-refractivity contribution is -0.114. The molecule has 0 saturated carbocycles. The molecule has 2 heterocycles. The lowest BCUT2D eigenvalue weighted by Gasteiger charge is -2.09. The summed E-state index contributed by atoms with van der Waals surface area (Å²) in [5.74, 6) is 0.631. The van der Waals surface area contributed by atoms with E-state index in [1.165, 1.54) is 0 Å². The van der Waals surface area contributed by atoms with Gasteiger partial charge in [0.15, 0.2) is 0 Å². The Morgan fingerprint density at radius 2 is 1.11 bits per heavy atom. The molecule has 0 aliphatic heterocycles. The van der Waals surface area contributed by atoms with Crippen molar-refractivity contribution in [2.75, 3.05) is 17.2 Å². The predicted molar refractivity (Wildman–Crippen MR) is 130 cm³/mol. The Hall–Kier alpha value is -4.79. The fraction of sp³-hybridized carbons (Fsp3) is 0.115. The quantitative estimate of drug-likeness (QED) is 0.278. The first kappa shape index (κ1) is 23.4. The number of hydrogen-bond acceptors (Lipinski definition) is 6. The number of nitrogens with one attached hydrogen (secondary N) is 4. The second-order valence-corrected chi connectivity index (χ2v) is 7.58. The van der Waals surface area contributed by atoms with Crippen LogP contribution >= 0.6 is 0 Å². The molecule has 2 aromatic heterocycles. The zero-order valence-electron chi connectivity index (χ0n) is 18.7. The third kappa shape index (κ3) is 6.84. The van der Waals surface area contributed by atoms with Gasteiger partial charge in [0.2, 0.25) is 5.91 Å². The van der Waals surface area contributed by atoms with Gasteiger partial charge in [-0.1, -0.05) is 0 Å². The maximum atomic E-state index is 12.3. The van der Waals surface area contributed by atoms with Crippen LogP contribution in [-0.2, 0) is 17.9 Å². The van der Waals surface area contributed by atoms with Crippen LogP contribution < -0.4 is 21.3 Å². The molecular weight excluding hydrogens is 448 g/mol. The number of rotatable bonds is 10. The maximum absolute atomic E-state index is 12.3. The van der Waals surface area contributed by atoms with Crippen LogP contribution in [0.1, 0.15) is 32.2 Å². The Labute approximate surface area is 201 Å². The summed E-state index contributed by atoms with van der Waals surface area (Å²) in [6, 6.07) is 20.5. The molecule has 4 N–H and O–H groups in total. The number of furan rings is 2. The Morgan fingerprint density at radius 3 is 1.57 bits per heavy atom. The number of hydrogen-bond donors (Lipinski definition) is 4. The van der Waals surface area contributed by atoms with Crippen LogP contribution in [-0.4, -0.2) is 24.3 Å². The Bertz CT molecular complexity index is 1250. The highest BCUT2D eigenvalue weighted by Gasteiger charge is 2.09. The van der Waals surface area contributed by atoms with Gasteiger partial charge in [0.05, 0.1) is 32.2 Å². The summed E-state index contributed by atoms with van der Waals surface area (Å²) < 4.78 is 10.4. The van der Waals surface area contributed by atoms with E-state index >= 15 is 0 Å². The molecule has 4 aromatic rings. The summed E-state index contributed by atoms with van der Waals surface area (Å²) >= 11 is 0. The molecule has 0 saturated heterocycles. The first-order valence-corrected chi connectivity index (χ1v) is 10.9. The third-order valence-corrected chi connectivity index (χ3v) is 5.04. The zero-order chi connectivity index (χ0) is 24.5. The van der Waals surface area contributed by atoms with Gasteiger partial charge in [-0.15, -0.1) is 0 Å². The molecule has 2 aromatic carbocycles. The highest BCUT2D eigenvalue weighted by atomic mass is 16.3. The second kappa shape index (κ2) is 11.4. The Morgan fingerprint density at radius 1 is 0.629 bits per heavy atom. The van der Waals surface area contributed by atoms with Crippen molar-refractivity contribution in [3.05, 3.63) is 108 Å². The van der Waals surface area contributed by atoms with Gasteiger partial charge in [0, 0.05) is 22.5 Å². The Balaban J connectivity index is 1.20. The summed E-state index contributed by atoms with van der Waals surface area (Å²) in [5.41, 5.74) is 2.25. The summed E-state index contributed by atoms with van der Waals surface area (Å²) in [5, 5.41) is 11.3. The molecule has 0 spiro atoms. The maximum Gasteiger partial charge on any atom is 0.251 e. The lowest BCUT2D eigenvalue weighted by atomic mass is 10.2. The van der Waals surface area contributed by atoms with Crippen LogP contribution in [0.25, 0.3) is 0 Å². The van der Waals surface area contributed by atoms with Gasteiger partial charge >= 0.3 is 0 Å². The fourth-order valence-corrected chi connectivity index (χ4v) is 3.20. The van der Waals surface area contributed by atoms with Gasteiger partial charge in [-0.3, -0.25) is 14.4 Å². The van der Waals surface area contributed by atoms with Crippen molar-refractivity contribution in [2.24, 2.45) is 0 Å². The van der Waals surface area contributed by atoms with Crippen LogP contribution in [0.15, 0.2) is 94.2 Å². The van der Waals surface area contributed by atoms with E-state index in [4.69, 9.17) is 8.83 Å². The minimum atomic E-state index is -0.250. The van der Waals surface area contributed by atoms with Crippen LogP contribution in [0.2, 0.25) is 0 Å². The standard InChI is InChI=1S/C26H24N4O5/c31-24(30-21-11-7-19(8-12-21)26(33)29-16-23-4-2-14-35-23)17-27-20-9-5-18(6-10-20)25(32)28-15-22-3-1-13-34-22/h1-14,27H,15-17H2,(H,28,32)(H,29,33)(H,30,31). The third-order valence-electron chi connectivity index (χ3n) is 5.04. The van der Waals surface area contributed by atoms with Crippen molar-refractivity contribution in [1.82, 2.24) is 10.6 Å². The molecular formula is C26H24N4O5. The van der Waals surface area contributed by atoms with Gasteiger partial charge < -0.3 is 30.1 Å². The SMILES string of the molecule is O=C(CNc1ccc(C(=O)NCc2ccco2)cc1)Nc1ccc(C(=O)NCc2ccco2)cc1. The van der Waals surface area contributed by atoms with Crippen molar-refractivity contribution in [2.45, 2.75) is 13.1 Å².